The Morgan fingerprint density at radius 3 is 2.35 bits per heavy atom. The molecule has 2 aliphatic heterocycles. The first kappa shape index (κ1) is 22.9. The van der Waals surface area contributed by atoms with Crippen LogP contribution in [0.25, 0.3) is 0 Å². The molecule has 170 valence electrons. The van der Waals surface area contributed by atoms with Gasteiger partial charge in [0.15, 0.2) is 0 Å². The number of ether oxygens (including phenoxy) is 3. The van der Waals surface area contributed by atoms with Crippen molar-refractivity contribution in [2.45, 2.75) is 30.9 Å². The van der Waals surface area contributed by atoms with Crippen LogP contribution in [-0.4, -0.2) is 70.6 Å². The highest BCUT2D eigenvalue weighted by Crippen LogP contribution is 2.33. The molecule has 1 atom stereocenters. The van der Waals surface area contributed by atoms with Crippen molar-refractivity contribution in [3.05, 3.63) is 29.3 Å². The monoisotopic (exact) mass is 441 g/mol. The molecule has 0 saturated carbocycles. The minimum absolute atomic E-state index is 0.0276. The molecule has 2 heterocycles. The van der Waals surface area contributed by atoms with Crippen LogP contribution in [0.1, 0.15) is 24.3 Å². The molecular formula is C20H25F2N3O6. The minimum atomic E-state index is -1.05. The third kappa shape index (κ3) is 5.47. The molecule has 31 heavy (non-hydrogen) atoms. The van der Waals surface area contributed by atoms with E-state index < -0.39 is 41.6 Å². The van der Waals surface area contributed by atoms with Gasteiger partial charge in [0.25, 0.3) is 0 Å². The number of anilines is 1. The van der Waals surface area contributed by atoms with Gasteiger partial charge in [-0.15, -0.1) is 0 Å². The van der Waals surface area contributed by atoms with Crippen LogP contribution >= 0.6 is 0 Å². The summed E-state index contributed by atoms with van der Waals surface area (Å²) in [5.74, 6) is -3.91. The first-order valence-corrected chi connectivity index (χ1v) is 9.85. The zero-order chi connectivity index (χ0) is 22.5. The van der Waals surface area contributed by atoms with E-state index in [0.29, 0.717) is 0 Å². The zero-order valence-electron chi connectivity index (χ0n) is 17.3. The molecular weight excluding hydrogens is 416 g/mol. The Labute approximate surface area is 178 Å². The van der Waals surface area contributed by atoms with Gasteiger partial charge in [-0.1, -0.05) is 0 Å². The molecule has 1 aromatic carbocycles. The van der Waals surface area contributed by atoms with E-state index >= 15 is 0 Å². The lowest BCUT2D eigenvalue weighted by molar-refractivity contribution is -0.134. The fraction of sp³-hybridized carbons (Fsp3) is 0.550. The highest BCUT2D eigenvalue weighted by atomic mass is 19.1. The van der Waals surface area contributed by atoms with Crippen LogP contribution in [0.3, 0.4) is 0 Å². The number of hydrogen-bond acceptors (Lipinski definition) is 7. The van der Waals surface area contributed by atoms with Gasteiger partial charge in [-0.2, -0.15) is 0 Å². The molecule has 2 aliphatic rings. The van der Waals surface area contributed by atoms with Crippen molar-refractivity contribution in [2.75, 3.05) is 45.4 Å². The van der Waals surface area contributed by atoms with Crippen molar-refractivity contribution in [1.82, 2.24) is 10.6 Å². The number of hydrogen-bond donors (Lipinski definition) is 2. The molecule has 0 aromatic heterocycles. The van der Waals surface area contributed by atoms with Gasteiger partial charge < -0.3 is 24.4 Å². The molecule has 0 radical (unpaired) electrons. The first-order chi connectivity index (χ1) is 14.8. The van der Waals surface area contributed by atoms with Gasteiger partial charge in [0.1, 0.15) is 17.7 Å². The standard InChI is InChI=1S/C20H25F2N3O6/c1-29-9-11(10-30-2)23-20(28)31-13-7-25(8-13)12-5-15(21)18(16(22)6-12)14-3-4-17(26)24-19(14)27/h5-6,11,13-14H,3-4,7-10H2,1-2H3,(H,23,28)(H,24,26,27). The predicted molar refractivity (Wildman–Crippen MR) is 105 cm³/mol. The van der Waals surface area contributed by atoms with Crippen molar-refractivity contribution < 1.29 is 37.4 Å². The molecule has 2 N–H and O–H groups in total. The summed E-state index contributed by atoms with van der Waals surface area (Å²) < 4.78 is 44.5. The fourth-order valence-electron chi connectivity index (χ4n) is 3.66. The third-order valence-electron chi connectivity index (χ3n) is 5.20. The van der Waals surface area contributed by atoms with E-state index in [2.05, 4.69) is 10.6 Å². The second-order valence-electron chi connectivity index (χ2n) is 7.51. The largest absolute Gasteiger partial charge is 0.442 e. The summed E-state index contributed by atoms with van der Waals surface area (Å²) in [6.45, 7) is 1.06. The molecule has 0 spiro atoms. The van der Waals surface area contributed by atoms with Gasteiger partial charge in [-0.25, -0.2) is 13.6 Å². The maximum absolute atomic E-state index is 14.6. The number of carbonyl (C=O) groups is 3. The van der Waals surface area contributed by atoms with Crippen molar-refractivity contribution in [1.29, 1.82) is 0 Å². The van der Waals surface area contributed by atoms with E-state index in [-0.39, 0.29) is 56.4 Å². The molecule has 1 aromatic rings. The highest BCUT2D eigenvalue weighted by Gasteiger charge is 2.35. The second kappa shape index (κ2) is 10.0. The van der Waals surface area contributed by atoms with Crippen LogP contribution in [-0.2, 0) is 23.8 Å². The van der Waals surface area contributed by atoms with Crippen LogP contribution in [0, 0.1) is 11.6 Å². The number of nitrogens with one attached hydrogen (secondary N) is 2. The number of nitrogens with zero attached hydrogens (tertiary/aromatic N) is 1. The summed E-state index contributed by atoms with van der Waals surface area (Å²) in [5.41, 5.74) is -0.0632. The Balaban J connectivity index is 1.56. The molecule has 11 heteroatoms. The van der Waals surface area contributed by atoms with Crippen LogP contribution in [0.15, 0.2) is 12.1 Å². The van der Waals surface area contributed by atoms with E-state index in [4.69, 9.17) is 14.2 Å². The van der Waals surface area contributed by atoms with Crippen LogP contribution in [0.5, 0.6) is 0 Å². The third-order valence-corrected chi connectivity index (χ3v) is 5.20. The van der Waals surface area contributed by atoms with Crippen LogP contribution in [0.4, 0.5) is 19.3 Å². The number of carbonyl (C=O) groups excluding carboxylic acids is 3. The Morgan fingerprint density at radius 1 is 1.19 bits per heavy atom. The Hall–Kier alpha value is -2.79. The quantitative estimate of drug-likeness (QED) is 0.581. The summed E-state index contributed by atoms with van der Waals surface area (Å²) in [7, 11) is 3.01. The van der Waals surface area contributed by atoms with Crippen molar-refractivity contribution >= 4 is 23.6 Å². The molecule has 0 bridgehead atoms. The number of alkyl carbamates (subject to hydrolysis) is 1. The van der Waals surface area contributed by atoms with Crippen molar-refractivity contribution in [3.63, 3.8) is 0 Å². The number of imide groups is 1. The topological polar surface area (TPSA) is 106 Å². The van der Waals surface area contributed by atoms with E-state index in [1.165, 1.54) is 14.2 Å². The molecule has 2 fully saturated rings. The van der Waals surface area contributed by atoms with Gasteiger partial charge in [-0.05, 0) is 18.6 Å². The van der Waals surface area contributed by atoms with Crippen LogP contribution in [0.2, 0.25) is 0 Å². The fourth-order valence-corrected chi connectivity index (χ4v) is 3.66. The van der Waals surface area contributed by atoms with Crippen LogP contribution < -0.4 is 15.5 Å². The summed E-state index contributed by atoms with van der Waals surface area (Å²) in [4.78, 5) is 36.9. The number of halogens is 2. The number of amides is 3. The number of benzene rings is 1. The van der Waals surface area contributed by atoms with Crippen molar-refractivity contribution in [2.24, 2.45) is 0 Å². The van der Waals surface area contributed by atoms with E-state index in [9.17, 15) is 23.2 Å². The van der Waals surface area contributed by atoms with Gasteiger partial charge in [-0.3, -0.25) is 14.9 Å². The Kier molecular flexibility index (Phi) is 7.39. The lowest BCUT2D eigenvalue weighted by Gasteiger charge is -2.40. The second-order valence-corrected chi connectivity index (χ2v) is 7.51. The summed E-state index contributed by atoms with van der Waals surface area (Å²) in [6, 6.07) is 1.93. The normalized spacial score (nSPS) is 19.3. The summed E-state index contributed by atoms with van der Waals surface area (Å²) in [5, 5.41) is 4.73. The smallest absolute Gasteiger partial charge is 0.407 e. The first-order valence-electron chi connectivity index (χ1n) is 9.85. The molecule has 1 unspecified atom stereocenters. The zero-order valence-corrected chi connectivity index (χ0v) is 17.3. The highest BCUT2D eigenvalue weighted by molar-refractivity contribution is 6.01. The van der Waals surface area contributed by atoms with E-state index in [0.717, 1.165) is 12.1 Å². The van der Waals surface area contributed by atoms with Gasteiger partial charge in [0.05, 0.1) is 38.3 Å². The minimum Gasteiger partial charge on any atom is -0.442 e. The average Bonchev–Trinajstić information content (AvgIpc) is 2.65. The van der Waals surface area contributed by atoms with E-state index in [1.54, 1.807) is 4.90 Å². The molecule has 2 saturated heterocycles. The predicted octanol–water partition coefficient (Wildman–Crippen LogP) is 1.06. The molecule has 3 rings (SSSR count). The summed E-state index contributed by atoms with van der Waals surface area (Å²) >= 11 is 0. The van der Waals surface area contributed by atoms with Crippen molar-refractivity contribution in [3.8, 4) is 0 Å². The number of piperidine rings is 1. The molecule has 0 aliphatic carbocycles. The molecule has 3 amide bonds. The summed E-state index contributed by atoms with van der Waals surface area (Å²) in [6.07, 6.45) is -0.986. The Morgan fingerprint density at radius 2 is 1.81 bits per heavy atom. The Bertz CT molecular complexity index is 817. The number of methoxy groups -OCH3 is 2. The molecule has 9 nitrogen and oxygen atoms in total. The number of rotatable bonds is 8. The average molecular weight is 441 g/mol. The SMILES string of the molecule is COCC(COC)NC(=O)OC1CN(c2cc(F)c(C3CCC(=O)NC3=O)c(F)c2)C1. The maximum atomic E-state index is 14.6. The van der Waals surface area contributed by atoms with E-state index in [1.807, 2.05) is 0 Å². The van der Waals surface area contributed by atoms with Gasteiger partial charge in [0, 0.05) is 31.9 Å². The maximum Gasteiger partial charge on any atom is 0.407 e. The lowest BCUT2D eigenvalue weighted by Crippen LogP contribution is -2.55. The lowest BCUT2D eigenvalue weighted by atomic mass is 9.89. The van der Waals surface area contributed by atoms with Gasteiger partial charge in [0.2, 0.25) is 11.8 Å². The van der Waals surface area contributed by atoms with Gasteiger partial charge >= 0.3 is 6.09 Å².